The highest BCUT2D eigenvalue weighted by Crippen LogP contribution is 2.47. The third-order valence-electron chi connectivity index (χ3n) is 14.3. The summed E-state index contributed by atoms with van der Waals surface area (Å²) in [6, 6.07) is 91.3. The standard InChI is InChI=1S/C68H42N2O/c1-3-15-48(16-4-1)64-57-21-9-10-22-58(57)65(66-54-19-8-7-14-44(54)38-39-60(64)66)53-37-36-51-40-50(34-35-52(51)41-53)43-26-30-46(31-27-43)61-42-62(70-68(69-61)49-17-5-2-6-18-49)47-32-28-45(29-33-47)55-23-13-24-59-56-20-11-12-25-63(56)71-67(55)59/h1-42H. The lowest BCUT2D eigenvalue weighted by Gasteiger charge is -2.19. The van der Waals surface area contributed by atoms with Gasteiger partial charge in [-0.2, -0.15) is 0 Å². The molecule has 0 bridgehead atoms. The zero-order chi connectivity index (χ0) is 46.8. The van der Waals surface area contributed by atoms with Gasteiger partial charge in [0.25, 0.3) is 0 Å². The molecular weight excluding hydrogens is 861 g/mol. The molecule has 0 radical (unpaired) electrons. The molecule has 0 spiro atoms. The van der Waals surface area contributed by atoms with Gasteiger partial charge in [-0.05, 0) is 106 Å². The number of hydrogen-bond acceptors (Lipinski definition) is 3. The maximum Gasteiger partial charge on any atom is 0.160 e. The second-order valence-corrected chi connectivity index (χ2v) is 18.4. The van der Waals surface area contributed by atoms with E-state index < -0.39 is 0 Å². The lowest BCUT2D eigenvalue weighted by Crippen LogP contribution is -1.96. The predicted molar refractivity (Wildman–Crippen MR) is 297 cm³/mol. The molecule has 71 heavy (non-hydrogen) atoms. The van der Waals surface area contributed by atoms with E-state index >= 15 is 0 Å². The van der Waals surface area contributed by atoms with Crippen molar-refractivity contribution in [3.63, 3.8) is 0 Å². The molecule has 0 aliphatic rings. The molecule has 330 valence electrons. The number of fused-ring (bicyclic) bond motifs is 8. The molecule has 3 heteroatoms. The SMILES string of the molecule is c1ccc(-c2nc(-c3ccc(-c4ccc5cc(-c6c7ccccc7c(-c7ccccc7)c7ccc8ccccc8c67)ccc5c4)cc3)cc(-c3ccc(-c4cccc5c4oc4ccccc45)cc3)n2)cc1. The fourth-order valence-corrected chi connectivity index (χ4v) is 10.8. The minimum absolute atomic E-state index is 0.688. The van der Waals surface area contributed by atoms with Crippen LogP contribution >= 0.6 is 0 Å². The third-order valence-corrected chi connectivity index (χ3v) is 14.3. The first-order valence-electron chi connectivity index (χ1n) is 24.2. The monoisotopic (exact) mass is 902 g/mol. The summed E-state index contributed by atoms with van der Waals surface area (Å²) in [5, 5.41) is 12.2. The molecule has 0 N–H and O–H groups in total. The molecule has 0 atom stereocenters. The van der Waals surface area contributed by atoms with Gasteiger partial charge >= 0.3 is 0 Å². The molecule has 0 saturated heterocycles. The topological polar surface area (TPSA) is 38.9 Å². The summed E-state index contributed by atoms with van der Waals surface area (Å²) in [6.07, 6.45) is 0. The number of para-hydroxylation sites is 2. The smallest absolute Gasteiger partial charge is 0.160 e. The van der Waals surface area contributed by atoms with Gasteiger partial charge in [0.1, 0.15) is 11.2 Å². The van der Waals surface area contributed by atoms with Crippen molar-refractivity contribution < 1.29 is 4.42 Å². The highest BCUT2D eigenvalue weighted by atomic mass is 16.3. The highest BCUT2D eigenvalue weighted by Gasteiger charge is 2.20. The van der Waals surface area contributed by atoms with E-state index in [0.717, 1.165) is 72.3 Å². The molecule has 3 nitrogen and oxygen atoms in total. The number of hydrogen-bond donors (Lipinski definition) is 0. The average molecular weight is 903 g/mol. The number of rotatable bonds is 7. The van der Waals surface area contributed by atoms with Gasteiger partial charge in [0.15, 0.2) is 5.82 Å². The zero-order valence-electron chi connectivity index (χ0n) is 38.6. The Bertz CT molecular complexity index is 4360. The summed E-state index contributed by atoms with van der Waals surface area (Å²) in [5.41, 5.74) is 16.0. The van der Waals surface area contributed by atoms with Crippen molar-refractivity contribution in [3.8, 4) is 78.4 Å². The Kier molecular flexibility index (Phi) is 9.53. The van der Waals surface area contributed by atoms with Gasteiger partial charge in [-0.3, -0.25) is 0 Å². The summed E-state index contributed by atoms with van der Waals surface area (Å²) >= 11 is 0. The number of aromatic nitrogens is 2. The van der Waals surface area contributed by atoms with Crippen molar-refractivity contribution in [2.75, 3.05) is 0 Å². The molecule has 0 saturated carbocycles. The predicted octanol–water partition coefficient (Wildman–Crippen LogP) is 18.7. The van der Waals surface area contributed by atoms with Crippen molar-refractivity contribution in [1.29, 1.82) is 0 Å². The van der Waals surface area contributed by atoms with Gasteiger partial charge in [-0.25, -0.2) is 9.97 Å². The van der Waals surface area contributed by atoms with Crippen LogP contribution in [0, 0.1) is 0 Å². The molecule has 0 aliphatic heterocycles. The molecule has 14 aromatic rings. The van der Waals surface area contributed by atoms with Crippen LogP contribution in [0.3, 0.4) is 0 Å². The van der Waals surface area contributed by atoms with Crippen LogP contribution in [-0.2, 0) is 0 Å². The summed E-state index contributed by atoms with van der Waals surface area (Å²) < 4.78 is 6.38. The molecule has 0 fully saturated rings. The van der Waals surface area contributed by atoms with E-state index in [1.54, 1.807) is 0 Å². The Morgan fingerprint density at radius 1 is 0.268 bits per heavy atom. The Balaban J connectivity index is 0.815. The highest BCUT2D eigenvalue weighted by molar-refractivity contribution is 6.28. The largest absolute Gasteiger partial charge is 0.455 e. The number of benzene rings is 12. The van der Waals surface area contributed by atoms with Crippen LogP contribution in [0.5, 0.6) is 0 Å². The van der Waals surface area contributed by atoms with Crippen molar-refractivity contribution in [2.45, 2.75) is 0 Å². The molecule has 14 rings (SSSR count). The van der Waals surface area contributed by atoms with Gasteiger partial charge < -0.3 is 4.42 Å². The van der Waals surface area contributed by atoms with E-state index in [4.69, 9.17) is 14.4 Å². The van der Waals surface area contributed by atoms with Crippen LogP contribution in [-0.4, -0.2) is 9.97 Å². The fraction of sp³-hybridized carbons (Fsp3) is 0. The van der Waals surface area contributed by atoms with Gasteiger partial charge in [0, 0.05) is 33.0 Å². The van der Waals surface area contributed by atoms with Gasteiger partial charge in [0.2, 0.25) is 0 Å². The molecule has 2 aromatic heterocycles. The van der Waals surface area contributed by atoms with Crippen LogP contribution in [0.2, 0.25) is 0 Å². The Morgan fingerprint density at radius 3 is 1.51 bits per heavy atom. The van der Waals surface area contributed by atoms with Crippen LogP contribution in [0.25, 0.3) is 143 Å². The quantitative estimate of drug-likeness (QED) is 0.118. The van der Waals surface area contributed by atoms with Crippen LogP contribution in [0.4, 0.5) is 0 Å². The molecule has 12 aromatic carbocycles. The van der Waals surface area contributed by atoms with Gasteiger partial charge in [-0.15, -0.1) is 0 Å². The van der Waals surface area contributed by atoms with Crippen LogP contribution < -0.4 is 0 Å². The van der Waals surface area contributed by atoms with E-state index in [-0.39, 0.29) is 0 Å². The van der Waals surface area contributed by atoms with E-state index in [1.807, 2.05) is 30.3 Å². The lowest BCUT2D eigenvalue weighted by atomic mass is 9.83. The van der Waals surface area contributed by atoms with E-state index in [2.05, 4.69) is 224 Å². The number of nitrogens with zero attached hydrogens (tertiary/aromatic N) is 2. The maximum absolute atomic E-state index is 6.38. The van der Waals surface area contributed by atoms with E-state index in [1.165, 1.54) is 65.3 Å². The minimum Gasteiger partial charge on any atom is -0.455 e. The summed E-state index contributed by atoms with van der Waals surface area (Å²) in [5.74, 6) is 0.688. The van der Waals surface area contributed by atoms with Crippen molar-refractivity contribution in [2.24, 2.45) is 0 Å². The molecular formula is C68H42N2O. The first-order valence-corrected chi connectivity index (χ1v) is 24.2. The fourth-order valence-electron chi connectivity index (χ4n) is 10.8. The van der Waals surface area contributed by atoms with Crippen LogP contribution in [0.15, 0.2) is 259 Å². The Hall–Kier alpha value is -9.44. The summed E-state index contributed by atoms with van der Waals surface area (Å²) in [6.45, 7) is 0. The molecule has 0 amide bonds. The molecule has 0 unspecified atom stereocenters. The first-order chi connectivity index (χ1) is 35.2. The normalized spacial score (nSPS) is 11.7. The van der Waals surface area contributed by atoms with Crippen LogP contribution in [0.1, 0.15) is 0 Å². The van der Waals surface area contributed by atoms with E-state index in [0.29, 0.717) is 5.82 Å². The van der Waals surface area contributed by atoms with Gasteiger partial charge in [-0.1, -0.05) is 231 Å². The van der Waals surface area contributed by atoms with Crippen molar-refractivity contribution in [3.05, 3.63) is 255 Å². The average Bonchev–Trinajstić information content (AvgIpc) is 3.84. The minimum atomic E-state index is 0.688. The number of furan rings is 1. The molecule has 2 heterocycles. The lowest BCUT2D eigenvalue weighted by molar-refractivity contribution is 0.670. The third kappa shape index (κ3) is 6.97. The van der Waals surface area contributed by atoms with Crippen molar-refractivity contribution >= 4 is 65.0 Å². The summed E-state index contributed by atoms with van der Waals surface area (Å²) in [4.78, 5) is 10.3. The van der Waals surface area contributed by atoms with E-state index in [9.17, 15) is 0 Å². The Morgan fingerprint density at radius 2 is 0.789 bits per heavy atom. The second kappa shape index (κ2) is 16.7. The molecule has 0 aliphatic carbocycles. The zero-order valence-corrected chi connectivity index (χ0v) is 38.6. The second-order valence-electron chi connectivity index (χ2n) is 18.4. The maximum atomic E-state index is 6.38. The van der Waals surface area contributed by atoms with Gasteiger partial charge in [0.05, 0.1) is 11.4 Å². The Labute approximate surface area is 410 Å². The van der Waals surface area contributed by atoms with Crippen molar-refractivity contribution in [1.82, 2.24) is 9.97 Å². The first kappa shape index (κ1) is 40.6. The summed E-state index contributed by atoms with van der Waals surface area (Å²) in [7, 11) is 0.